The van der Waals surface area contributed by atoms with Gasteiger partial charge < -0.3 is 20.3 Å². The maximum Gasteiger partial charge on any atom is 0.387 e. The van der Waals surface area contributed by atoms with E-state index < -0.39 is 18.6 Å². The molecule has 0 aromatic heterocycles. The fraction of sp³-hybridized carbons (Fsp3) is 0.600. The monoisotopic (exact) mass is 431 g/mol. The Morgan fingerprint density at radius 3 is 2.55 bits per heavy atom. The molecule has 9 heteroatoms. The van der Waals surface area contributed by atoms with Gasteiger partial charge in [0.15, 0.2) is 0 Å². The molecule has 0 bridgehead atoms. The Morgan fingerprint density at radius 2 is 1.90 bits per heavy atom. The third-order valence-corrected chi connectivity index (χ3v) is 5.76. The van der Waals surface area contributed by atoms with Crippen molar-refractivity contribution in [2.75, 3.05) is 19.6 Å². The Bertz CT molecular complexity index is 747. The molecule has 0 saturated carbocycles. The Kier molecular flexibility index (Phi) is 7.45. The second-order valence-electron chi connectivity index (χ2n) is 8.17. The molecular weight excluding hydrogens is 404 g/mol. The lowest BCUT2D eigenvalue weighted by atomic mass is 9.79. The van der Waals surface area contributed by atoms with E-state index in [1.807, 2.05) is 13.8 Å². The summed E-state index contributed by atoms with van der Waals surface area (Å²) < 4.78 is 29.8. The van der Waals surface area contributed by atoms with E-state index in [2.05, 4.69) is 4.74 Å². The first-order valence-electron chi connectivity index (χ1n) is 9.60. The molecule has 2 heterocycles. The number of likely N-dealkylation sites (tertiary alicyclic amines) is 2. The van der Waals surface area contributed by atoms with Crippen LogP contribution in [0.4, 0.5) is 8.78 Å². The molecule has 1 aromatic carbocycles. The second-order valence-corrected chi connectivity index (χ2v) is 8.17. The van der Waals surface area contributed by atoms with Crippen molar-refractivity contribution < 1.29 is 23.1 Å². The first-order valence-corrected chi connectivity index (χ1v) is 9.60. The van der Waals surface area contributed by atoms with Crippen LogP contribution in [0, 0.1) is 5.41 Å². The average Bonchev–Trinajstić information content (AvgIpc) is 3.12. The molecule has 1 aromatic rings. The van der Waals surface area contributed by atoms with Crippen molar-refractivity contribution in [2.24, 2.45) is 11.1 Å². The van der Waals surface area contributed by atoms with Gasteiger partial charge in [-0.05, 0) is 36.8 Å². The average molecular weight is 432 g/mol. The quantitative estimate of drug-likeness (QED) is 0.795. The summed E-state index contributed by atoms with van der Waals surface area (Å²) in [5.74, 6) is -0.733. The normalized spacial score (nSPS) is 23.7. The van der Waals surface area contributed by atoms with E-state index in [0.717, 1.165) is 0 Å². The molecule has 29 heavy (non-hydrogen) atoms. The molecule has 0 radical (unpaired) electrons. The molecule has 2 amide bonds. The topological polar surface area (TPSA) is 75.9 Å². The van der Waals surface area contributed by atoms with E-state index in [9.17, 15) is 18.4 Å². The zero-order valence-electron chi connectivity index (χ0n) is 16.6. The molecule has 2 N–H and O–H groups in total. The van der Waals surface area contributed by atoms with Crippen LogP contribution in [0.1, 0.15) is 43.5 Å². The lowest BCUT2D eigenvalue weighted by molar-refractivity contribution is -0.138. The van der Waals surface area contributed by atoms with Crippen LogP contribution in [0.15, 0.2) is 24.3 Å². The number of piperidine rings is 1. The van der Waals surface area contributed by atoms with Crippen LogP contribution in [-0.4, -0.2) is 59.9 Å². The summed E-state index contributed by atoms with van der Waals surface area (Å²) in [6, 6.07) is 5.34. The fourth-order valence-corrected chi connectivity index (χ4v) is 4.04. The van der Waals surface area contributed by atoms with E-state index in [-0.39, 0.29) is 41.1 Å². The second kappa shape index (κ2) is 9.26. The van der Waals surface area contributed by atoms with Gasteiger partial charge in [0.1, 0.15) is 11.8 Å². The van der Waals surface area contributed by atoms with Gasteiger partial charge in [-0.2, -0.15) is 8.78 Å². The summed E-state index contributed by atoms with van der Waals surface area (Å²) >= 11 is 0. The minimum atomic E-state index is -3.02. The lowest BCUT2D eigenvalue weighted by Gasteiger charge is -2.44. The van der Waals surface area contributed by atoms with Gasteiger partial charge in [-0.15, -0.1) is 12.4 Å². The highest BCUT2D eigenvalue weighted by Crippen LogP contribution is 2.31. The predicted molar refractivity (Wildman–Crippen MR) is 107 cm³/mol. The van der Waals surface area contributed by atoms with Crippen molar-refractivity contribution in [3.8, 4) is 5.75 Å². The summed E-state index contributed by atoms with van der Waals surface area (Å²) in [4.78, 5) is 29.4. The number of benzene rings is 1. The third-order valence-electron chi connectivity index (χ3n) is 5.76. The number of ether oxygens (including phenoxy) is 1. The first kappa shape index (κ1) is 23.3. The largest absolute Gasteiger partial charge is 0.434 e. The standard InChI is InChI=1S/C20H27F2N3O3.ClH/c1-20(2)12-24(11-9-16(20)23)18(27)14-7-5-10-25(14)17(26)13-6-3-4-8-15(13)28-19(21)22;/h3-4,6,8,14,16,19H,5,7,9-12,23H2,1-2H3;1H. The maximum atomic E-state index is 13.1. The minimum absolute atomic E-state index is 0. The maximum absolute atomic E-state index is 13.1. The number of hydrogen-bond donors (Lipinski definition) is 1. The van der Waals surface area contributed by atoms with Crippen LogP contribution in [-0.2, 0) is 4.79 Å². The molecule has 2 unspecified atom stereocenters. The van der Waals surface area contributed by atoms with Crippen molar-refractivity contribution in [1.82, 2.24) is 9.80 Å². The molecule has 162 valence electrons. The summed E-state index contributed by atoms with van der Waals surface area (Å²) in [5, 5.41) is 0. The van der Waals surface area contributed by atoms with Crippen molar-refractivity contribution in [1.29, 1.82) is 0 Å². The van der Waals surface area contributed by atoms with E-state index in [1.54, 1.807) is 11.0 Å². The number of hydrogen-bond acceptors (Lipinski definition) is 4. The van der Waals surface area contributed by atoms with E-state index in [1.165, 1.54) is 23.1 Å². The van der Waals surface area contributed by atoms with Crippen LogP contribution < -0.4 is 10.5 Å². The molecule has 2 aliphatic rings. The SMILES string of the molecule is CC1(C)CN(C(=O)C2CCCN2C(=O)c2ccccc2OC(F)F)CCC1N.Cl. The summed E-state index contributed by atoms with van der Waals surface area (Å²) in [6.07, 6.45) is 1.96. The summed E-state index contributed by atoms with van der Waals surface area (Å²) in [7, 11) is 0. The molecule has 3 rings (SSSR count). The van der Waals surface area contributed by atoms with Gasteiger partial charge in [0, 0.05) is 25.7 Å². The van der Waals surface area contributed by atoms with Crippen LogP contribution in [0.3, 0.4) is 0 Å². The van der Waals surface area contributed by atoms with Crippen molar-refractivity contribution >= 4 is 24.2 Å². The molecule has 0 aliphatic carbocycles. The molecule has 6 nitrogen and oxygen atoms in total. The van der Waals surface area contributed by atoms with Gasteiger partial charge >= 0.3 is 6.61 Å². The number of para-hydroxylation sites is 1. The molecule has 2 saturated heterocycles. The first-order chi connectivity index (χ1) is 13.2. The van der Waals surface area contributed by atoms with Crippen LogP contribution in [0.5, 0.6) is 5.75 Å². The van der Waals surface area contributed by atoms with E-state index >= 15 is 0 Å². The Labute approximate surface area is 175 Å². The number of carbonyl (C=O) groups is 2. The van der Waals surface area contributed by atoms with Crippen LogP contribution >= 0.6 is 12.4 Å². The number of nitrogens with two attached hydrogens (primary N) is 1. The van der Waals surface area contributed by atoms with Gasteiger partial charge in [0.25, 0.3) is 5.91 Å². The number of halogens is 3. The van der Waals surface area contributed by atoms with Gasteiger partial charge in [0.2, 0.25) is 5.91 Å². The number of amides is 2. The summed E-state index contributed by atoms with van der Waals surface area (Å²) in [6.45, 7) is 2.56. The van der Waals surface area contributed by atoms with E-state index in [0.29, 0.717) is 38.9 Å². The number of alkyl halides is 2. The minimum Gasteiger partial charge on any atom is -0.434 e. The van der Waals surface area contributed by atoms with Crippen molar-refractivity contribution in [3.63, 3.8) is 0 Å². The van der Waals surface area contributed by atoms with Gasteiger partial charge in [-0.3, -0.25) is 9.59 Å². The van der Waals surface area contributed by atoms with Crippen LogP contribution in [0.25, 0.3) is 0 Å². The third kappa shape index (κ3) is 4.98. The lowest BCUT2D eigenvalue weighted by Crippen LogP contribution is -2.57. The van der Waals surface area contributed by atoms with Crippen LogP contribution in [0.2, 0.25) is 0 Å². The Balaban J connectivity index is 0.00000300. The van der Waals surface area contributed by atoms with Gasteiger partial charge in [0.05, 0.1) is 5.56 Å². The highest BCUT2D eigenvalue weighted by molar-refractivity contribution is 6.00. The molecule has 2 fully saturated rings. The molecule has 0 spiro atoms. The van der Waals surface area contributed by atoms with E-state index in [4.69, 9.17) is 5.73 Å². The van der Waals surface area contributed by atoms with Crippen molar-refractivity contribution in [3.05, 3.63) is 29.8 Å². The number of carbonyl (C=O) groups excluding carboxylic acids is 2. The summed E-state index contributed by atoms with van der Waals surface area (Å²) in [5.41, 5.74) is 6.01. The Hall–Kier alpha value is -1.93. The fourth-order valence-electron chi connectivity index (χ4n) is 4.04. The Morgan fingerprint density at radius 1 is 1.21 bits per heavy atom. The smallest absolute Gasteiger partial charge is 0.387 e. The zero-order valence-corrected chi connectivity index (χ0v) is 17.5. The molecule has 2 atom stereocenters. The highest BCUT2D eigenvalue weighted by Gasteiger charge is 2.41. The molecule has 2 aliphatic heterocycles. The predicted octanol–water partition coefficient (Wildman–Crippen LogP) is 2.90. The number of rotatable bonds is 4. The highest BCUT2D eigenvalue weighted by atomic mass is 35.5. The zero-order chi connectivity index (χ0) is 20.5. The molecular formula is C20H28ClF2N3O3. The van der Waals surface area contributed by atoms with Gasteiger partial charge in [-0.25, -0.2) is 0 Å². The number of nitrogens with zero attached hydrogens (tertiary/aromatic N) is 2. The van der Waals surface area contributed by atoms with Crippen molar-refractivity contribution in [2.45, 2.75) is 51.8 Å². The van der Waals surface area contributed by atoms with Gasteiger partial charge in [-0.1, -0.05) is 26.0 Å².